The number of carbonyl (C=O) groups is 1. The molecule has 1 aromatic heterocycles. The summed E-state index contributed by atoms with van der Waals surface area (Å²) in [6, 6.07) is 13.0. The van der Waals surface area contributed by atoms with Gasteiger partial charge < -0.3 is 9.47 Å². The maximum atomic E-state index is 12.9. The van der Waals surface area contributed by atoms with Crippen molar-refractivity contribution in [1.82, 2.24) is 4.98 Å². The number of benzene rings is 2. The molecule has 0 amide bonds. The lowest BCUT2D eigenvalue weighted by atomic mass is 10.0. The number of thiazole rings is 1. The van der Waals surface area contributed by atoms with Crippen molar-refractivity contribution in [2.45, 2.75) is 19.4 Å². The summed E-state index contributed by atoms with van der Waals surface area (Å²) in [7, 11) is 0. The van der Waals surface area contributed by atoms with Crippen LogP contribution in [0.5, 0.6) is 11.5 Å². The summed E-state index contributed by atoms with van der Waals surface area (Å²) >= 11 is 8.51. The highest BCUT2D eigenvalue weighted by molar-refractivity contribution is 8.19. The summed E-state index contributed by atoms with van der Waals surface area (Å²) in [5, 5.41) is 11.7. The highest BCUT2D eigenvalue weighted by atomic mass is 35.5. The Morgan fingerprint density at radius 3 is 2.68 bits per heavy atom. The van der Waals surface area contributed by atoms with E-state index in [1.165, 1.54) is 23.1 Å². The van der Waals surface area contributed by atoms with Crippen LogP contribution in [0.3, 0.4) is 0 Å². The fraction of sp³-hybridized carbons (Fsp3) is 0.174. The normalized spacial score (nSPS) is 17.4. The first-order chi connectivity index (χ1) is 15.0. The Balaban J connectivity index is 1.54. The SMILES string of the molecule is CCOc1cc(/C=C2\SC(=N)[C@@H](c3nccs3)C2=O)ccc1OCc1ccc(Cl)cc1. The van der Waals surface area contributed by atoms with Gasteiger partial charge in [-0.2, -0.15) is 0 Å². The predicted molar refractivity (Wildman–Crippen MR) is 127 cm³/mol. The molecule has 31 heavy (non-hydrogen) atoms. The number of hydrogen-bond donors (Lipinski definition) is 1. The second kappa shape index (κ2) is 9.68. The van der Waals surface area contributed by atoms with Gasteiger partial charge in [-0.15, -0.1) is 11.3 Å². The van der Waals surface area contributed by atoms with Crippen molar-refractivity contribution in [1.29, 1.82) is 5.41 Å². The summed E-state index contributed by atoms with van der Waals surface area (Å²) in [4.78, 5) is 17.6. The molecule has 1 atom stereocenters. The average molecular weight is 471 g/mol. The quantitative estimate of drug-likeness (QED) is 0.416. The van der Waals surface area contributed by atoms with Gasteiger partial charge in [0.2, 0.25) is 0 Å². The lowest BCUT2D eigenvalue weighted by Gasteiger charge is -2.13. The summed E-state index contributed by atoms with van der Waals surface area (Å²) in [5.41, 5.74) is 1.81. The van der Waals surface area contributed by atoms with E-state index in [-0.39, 0.29) is 5.78 Å². The zero-order valence-electron chi connectivity index (χ0n) is 16.6. The maximum Gasteiger partial charge on any atom is 0.186 e. The zero-order chi connectivity index (χ0) is 21.8. The van der Waals surface area contributed by atoms with E-state index in [1.54, 1.807) is 12.3 Å². The van der Waals surface area contributed by atoms with Crippen LogP contribution >= 0.6 is 34.7 Å². The molecule has 3 aromatic rings. The molecule has 0 unspecified atom stereocenters. The smallest absolute Gasteiger partial charge is 0.186 e. The molecule has 2 aromatic carbocycles. The van der Waals surface area contributed by atoms with Gasteiger partial charge in [-0.25, -0.2) is 4.98 Å². The van der Waals surface area contributed by atoms with Crippen molar-refractivity contribution < 1.29 is 14.3 Å². The highest BCUT2D eigenvalue weighted by Gasteiger charge is 2.38. The summed E-state index contributed by atoms with van der Waals surface area (Å²) in [6.45, 7) is 2.78. The molecule has 0 radical (unpaired) electrons. The molecule has 1 aliphatic rings. The van der Waals surface area contributed by atoms with Crippen LogP contribution in [0, 0.1) is 5.41 Å². The second-order valence-corrected chi connectivity index (χ2v) is 9.14. The minimum absolute atomic E-state index is 0.0917. The number of ketones is 1. The van der Waals surface area contributed by atoms with E-state index in [0.29, 0.717) is 44.7 Å². The largest absolute Gasteiger partial charge is 0.490 e. The number of nitrogens with zero attached hydrogens (tertiary/aromatic N) is 1. The van der Waals surface area contributed by atoms with Crippen molar-refractivity contribution in [2.75, 3.05) is 6.61 Å². The molecular weight excluding hydrogens is 452 g/mol. The van der Waals surface area contributed by atoms with Crippen molar-refractivity contribution >= 4 is 51.6 Å². The molecule has 0 aliphatic carbocycles. The van der Waals surface area contributed by atoms with Crippen LogP contribution in [-0.4, -0.2) is 22.4 Å². The third-order valence-corrected chi connectivity index (χ3v) is 6.65. The molecule has 0 spiro atoms. The second-order valence-electron chi connectivity index (χ2n) is 6.70. The molecule has 1 N–H and O–H groups in total. The molecule has 2 heterocycles. The first kappa shape index (κ1) is 21.6. The summed E-state index contributed by atoms with van der Waals surface area (Å²) in [6.07, 6.45) is 3.45. The topological polar surface area (TPSA) is 72.3 Å². The number of ether oxygens (including phenoxy) is 2. The third-order valence-electron chi connectivity index (χ3n) is 4.56. The molecule has 1 fully saturated rings. The van der Waals surface area contributed by atoms with Gasteiger partial charge in [-0.05, 0) is 48.4 Å². The standard InChI is InChI=1S/C23H19ClN2O3S2/c1-2-28-18-11-15(5-8-17(18)29-13-14-3-6-16(24)7-4-14)12-19-21(27)20(22(25)31-19)23-26-9-10-30-23/h3-12,20,25H,2,13H2,1H3/b19-12-,25-22?/t20-/m0/s1. The molecule has 1 aliphatic heterocycles. The fourth-order valence-electron chi connectivity index (χ4n) is 3.09. The van der Waals surface area contributed by atoms with Gasteiger partial charge >= 0.3 is 0 Å². The molecule has 0 saturated carbocycles. The molecule has 0 bridgehead atoms. The van der Waals surface area contributed by atoms with Gasteiger partial charge in [0.05, 0.1) is 16.6 Å². The Bertz CT molecular complexity index is 1130. The maximum absolute atomic E-state index is 12.9. The molecule has 5 nitrogen and oxygen atoms in total. The number of Topliss-reactive ketones (excluding diaryl/α,β-unsaturated/α-hetero) is 1. The van der Waals surface area contributed by atoms with E-state index in [4.69, 9.17) is 26.5 Å². The molecule has 4 rings (SSSR count). The Morgan fingerprint density at radius 1 is 1.16 bits per heavy atom. The van der Waals surface area contributed by atoms with Gasteiger partial charge in [-0.1, -0.05) is 41.6 Å². The van der Waals surface area contributed by atoms with E-state index < -0.39 is 5.92 Å². The van der Waals surface area contributed by atoms with Crippen molar-refractivity contribution in [3.05, 3.63) is 80.1 Å². The number of halogens is 1. The van der Waals surface area contributed by atoms with Crippen molar-refractivity contribution in [3.8, 4) is 11.5 Å². The zero-order valence-corrected chi connectivity index (χ0v) is 19.0. The minimum atomic E-state index is -0.593. The molecule has 158 valence electrons. The molecular formula is C23H19ClN2O3S2. The number of thioether (sulfide) groups is 1. The lowest BCUT2D eigenvalue weighted by molar-refractivity contribution is -0.114. The van der Waals surface area contributed by atoms with Crippen LogP contribution in [0.15, 0.2) is 58.9 Å². The number of rotatable bonds is 7. The molecule has 8 heteroatoms. The fourth-order valence-corrected chi connectivity index (χ4v) is 5.02. The van der Waals surface area contributed by atoms with E-state index in [2.05, 4.69) is 4.98 Å². The van der Waals surface area contributed by atoms with E-state index in [9.17, 15) is 4.79 Å². The average Bonchev–Trinajstić information content (AvgIpc) is 3.37. The van der Waals surface area contributed by atoms with Crippen LogP contribution < -0.4 is 9.47 Å². The van der Waals surface area contributed by atoms with Gasteiger partial charge in [0.25, 0.3) is 0 Å². The third kappa shape index (κ3) is 5.01. The van der Waals surface area contributed by atoms with E-state index in [1.807, 2.05) is 54.8 Å². The Hall–Kier alpha value is -2.61. The van der Waals surface area contributed by atoms with Gasteiger partial charge in [-0.3, -0.25) is 10.2 Å². The first-order valence-corrected chi connectivity index (χ1v) is 11.7. The molecule has 1 saturated heterocycles. The number of hydrogen-bond acceptors (Lipinski definition) is 7. The van der Waals surface area contributed by atoms with E-state index >= 15 is 0 Å². The highest BCUT2D eigenvalue weighted by Crippen LogP contribution is 2.41. The first-order valence-electron chi connectivity index (χ1n) is 9.61. The van der Waals surface area contributed by atoms with Crippen LogP contribution in [0.1, 0.15) is 29.0 Å². The Kier molecular flexibility index (Phi) is 6.75. The lowest BCUT2D eigenvalue weighted by Crippen LogP contribution is -2.11. The van der Waals surface area contributed by atoms with Crippen molar-refractivity contribution in [3.63, 3.8) is 0 Å². The minimum Gasteiger partial charge on any atom is -0.490 e. The summed E-state index contributed by atoms with van der Waals surface area (Å²) in [5.74, 6) is 0.543. The number of carbonyl (C=O) groups excluding carboxylic acids is 1. The summed E-state index contributed by atoms with van der Waals surface area (Å²) < 4.78 is 11.7. The Labute approximate surface area is 193 Å². The monoisotopic (exact) mass is 470 g/mol. The van der Waals surface area contributed by atoms with Crippen LogP contribution in [0.25, 0.3) is 6.08 Å². The number of nitrogens with one attached hydrogen (secondary N) is 1. The van der Waals surface area contributed by atoms with Crippen LogP contribution in [0.2, 0.25) is 5.02 Å². The van der Waals surface area contributed by atoms with Gasteiger partial charge in [0.15, 0.2) is 17.3 Å². The van der Waals surface area contributed by atoms with Crippen LogP contribution in [0.4, 0.5) is 0 Å². The van der Waals surface area contributed by atoms with Gasteiger partial charge in [0.1, 0.15) is 17.5 Å². The number of allylic oxidation sites excluding steroid dienone is 1. The predicted octanol–water partition coefficient (Wildman–Crippen LogP) is 6.19. The van der Waals surface area contributed by atoms with Crippen LogP contribution in [-0.2, 0) is 11.4 Å². The Morgan fingerprint density at radius 2 is 1.97 bits per heavy atom. The van der Waals surface area contributed by atoms with E-state index in [0.717, 1.165) is 11.1 Å². The van der Waals surface area contributed by atoms with Crippen molar-refractivity contribution in [2.24, 2.45) is 0 Å². The van der Waals surface area contributed by atoms with Gasteiger partial charge in [0, 0.05) is 16.6 Å². The number of aromatic nitrogens is 1.